The van der Waals surface area contributed by atoms with Crippen molar-refractivity contribution in [1.29, 1.82) is 0 Å². The summed E-state index contributed by atoms with van der Waals surface area (Å²) in [6.45, 7) is 1.25. The number of benzene rings is 2. The van der Waals surface area contributed by atoms with Crippen LogP contribution in [0.5, 0.6) is 0 Å². The molecular formula is C14H11NO4. The van der Waals surface area contributed by atoms with E-state index < -0.39 is 22.3 Å². The maximum absolute atomic E-state index is 12.4. The summed E-state index contributed by atoms with van der Waals surface area (Å²) < 4.78 is 0. The SMILES string of the molecule is C[C@H]([N+](=O)[O-])[C@@]1(O)C(=O)c2cccc3cccc1c23. The summed E-state index contributed by atoms with van der Waals surface area (Å²) in [5, 5.41) is 23.1. The molecule has 3 rings (SSSR count). The number of hydrogen-bond acceptors (Lipinski definition) is 4. The van der Waals surface area contributed by atoms with Crippen LogP contribution < -0.4 is 0 Å². The van der Waals surface area contributed by atoms with E-state index in [-0.39, 0.29) is 0 Å². The Labute approximate surface area is 108 Å². The number of hydrogen-bond donors (Lipinski definition) is 1. The van der Waals surface area contributed by atoms with Gasteiger partial charge in [-0.05, 0) is 10.8 Å². The van der Waals surface area contributed by atoms with Gasteiger partial charge in [0.25, 0.3) is 0 Å². The van der Waals surface area contributed by atoms with Crippen LogP contribution in [0.2, 0.25) is 0 Å². The smallest absolute Gasteiger partial charge is 0.250 e. The third-order valence-electron chi connectivity index (χ3n) is 3.83. The van der Waals surface area contributed by atoms with Crippen molar-refractivity contribution in [1.82, 2.24) is 0 Å². The van der Waals surface area contributed by atoms with Gasteiger partial charge in [0.1, 0.15) is 0 Å². The molecule has 0 aromatic heterocycles. The van der Waals surface area contributed by atoms with Gasteiger partial charge in [0.2, 0.25) is 17.4 Å². The van der Waals surface area contributed by atoms with Gasteiger partial charge in [0.15, 0.2) is 0 Å². The molecule has 0 bridgehead atoms. The molecule has 2 aromatic carbocycles. The molecule has 5 nitrogen and oxygen atoms in total. The summed E-state index contributed by atoms with van der Waals surface area (Å²) in [5.41, 5.74) is -1.40. The minimum atomic E-state index is -2.08. The van der Waals surface area contributed by atoms with Gasteiger partial charge >= 0.3 is 0 Å². The van der Waals surface area contributed by atoms with Crippen molar-refractivity contribution in [2.45, 2.75) is 18.6 Å². The monoisotopic (exact) mass is 257 g/mol. The second kappa shape index (κ2) is 3.61. The van der Waals surface area contributed by atoms with Crippen LogP contribution in [0, 0.1) is 10.1 Å². The number of carbonyl (C=O) groups is 1. The minimum absolute atomic E-state index is 0.329. The van der Waals surface area contributed by atoms with Crippen LogP contribution in [0.3, 0.4) is 0 Å². The first-order valence-corrected chi connectivity index (χ1v) is 5.91. The van der Waals surface area contributed by atoms with Crippen LogP contribution in [0.4, 0.5) is 0 Å². The fraction of sp³-hybridized carbons (Fsp3) is 0.214. The molecule has 0 saturated carbocycles. The Kier molecular flexibility index (Phi) is 2.24. The number of aliphatic hydroxyl groups is 1. The van der Waals surface area contributed by atoms with Gasteiger partial charge in [-0.3, -0.25) is 14.9 Å². The zero-order valence-corrected chi connectivity index (χ0v) is 10.2. The van der Waals surface area contributed by atoms with Crippen LogP contribution in [0.1, 0.15) is 22.8 Å². The van der Waals surface area contributed by atoms with Crippen molar-refractivity contribution in [2.75, 3.05) is 0 Å². The Hall–Kier alpha value is -2.27. The zero-order valence-electron chi connectivity index (χ0n) is 10.2. The van der Waals surface area contributed by atoms with E-state index in [9.17, 15) is 20.0 Å². The van der Waals surface area contributed by atoms with Crippen LogP contribution in [0.15, 0.2) is 36.4 Å². The average molecular weight is 257 g/mol. The summed E-state index contributed by atoms with van der Waals surface area (Å²) in [6, 6.07) is 8.82. The average Bonchev–Trinajstić information content (AvgIpc) is 2.64. The van der Waals surface area contributed by atoms with Crippen molar-refractivity contribution in [3.05, 3.63) is 57.6 Å². The fourth-order valence-electron chi connectivity index (χ4n) is 2.74. The predicted molar refractivity (Wildman–Crippen MR) is 68.6 cm³/mol. The summed E-state index contributed by atoms with van der Waals surface area (Å²) in [7, 11) is 0. The van der Waals surface area contributed by atoms with Gasteiger partial charge in [-0.2, -0.15) is 0 Å². The lowest BCUT2D eigenvalue weighted by atomic mass is 9.87. The molecule has 0 spiro atoms. The van der Waals surface area contributed by atoms with E-state index in [4.69, 9.17) is 0 Å². The first-order valence-electron chi connectivity index (χ1n) is 5.91. The maximum Gasteiger partial charge on any atom is 0.250 e. The number of rotatable bonds is 2. The van der Waals surface area contributed by atoms with E-state index in [1.165, 1.54) is 6.92 Å². The van der Waals surface area contributed by atoms with Gasteiger partial charge in [-0.15, -0.1) is 0 Å². The molecule has 1 aliphatic carbocycles. The fourth-order valence-corrected chi connectivity index (χ4v) is 2.74. The van der Waals surface area contributed by atoms with Crippen LogP contribution in [-0.4, -0.2) is 21.9 Å². The van der Waals surface area contributed by atoms with E-state index in [1.807, 2.05) is 12.1 Å². The first-order chi connectivity index (χ1) is 8.98. The summed E-state index contributed by atoms with van der Waals surface area (Å²) in [6.07, 6.45) is 0. The van der Waals surface area contributed by atoms with Crippen molar-refractivity contribution >= 4 is 16.6 Å². The molecule has 2 aromatic rings. The third-order valence-corrected chi connectivity index (χ3v) is 3.83. The Morgan fingerprint density at radius 1 is 1.26 bits per heavy atom. The lowest BCUT2D eigenvalue weighted by Gasteiger charge is -2.23. The third kappa shape index (κ3) is 1.30. The highest BCUT2D eigenvalue weighted by Gasteiger charge is 2.55. The molecule has 1 N–H and O–H groups in total. The molecule has 0 radical (unpaired) electrons. The molecule has 0 amide bonds. The van der Waals surface area contributed by atoms with Gasteiger partial charge in [-0.1, -0.05) is 36.4 Å². The maximum atomic E-state index is 12.4. The molecule has 0 unspecified atom stereocenters. The van der Waals surface area contributed by atoms with Gasteiger partial charge in [0.05, 0.1) is 0 Å². The Balaban J connectivity index is 2.38. The topological polar surface area (TPSA) is 80.4 Å². The molecule has 0 saturated heterocycles. The van der Waals surface area contributed by atoms with Crippen molar-refractivity contribution in [3.8, 4) is 0 Å². The van der Waals surface area contributed by atoms with Crippen molar-refractivity contribution < 1.29 is 14.8 Å². The second-order valence-electron chi connectivity index (χ2n) is 4.77. The van der Waals surface area contributed by atoms with Crippen molar-refractivity contribution in [3.63, 3.8) is 0 Å². The highest BCUT2D eigenvalue weighted by molar-refractivity contribution is 6.19. The molecule has 0 heterocycles. The Bertz CT molecular complexity index is 719. The van der Waals surface area contributed by atoms with Gasteiger partial charge in [0, 0.05) is 23.0 Å². The van der Waals surface area contributed by atoms with E-state index in [0.29, 0.717) is 16.5 Å². The molecule has 0 fully saturated rings. The van der Waals surface area contributed by atoms with Gasteiger partial charge in [-0.25, -0.2) is 0 Å². The highest BCUT2D eigenvalue weighted by Crippen LogP contribution is 2.43. The number of nitrogens with zero attached hydrogens (tertiary/aromatic N) is 1. The lowest BCUT2D eigenvalue weighted by Crippen LogP contribution is -2.46. The summed E-state index contributed by atoms with van der Waals surface area (Å²) >= 11 is 0. The number of nitro groups is 1. The molecule has 0 aliphatic heterocycles. The molecule has 2 atom stereocenters. The largest absolute Gasteiger partial charge is 0.371 e. The molecular weight excluding hydrogens is 246 g/mol. The van der Waals surface area contributed by atoms with E-state index in [0.717, 1.165) is 5.39 Å². The van der Waals surface area contributed by atoms with Crippen LogP contribution in [0.25, 0.3) is 10.8 Å². The van der Waals surface area contributed by atoms with E-state index in [1.54, 1.807) is 24.3 Å². The Morgan fingerprint density at radius 2 is 1.89 bits per heavy atom. The quantitative estimate of drug-likeness (QED) is 0.658. The van der Waals surface area contributed by atoms with Crippen molar-refractivity contribution in [2.24, 2.45) is 0 Å². The molecule has 5 heteroatoms. The first kappa shape index (κ1) is 11.8. The highest BCUT2D eigenvalue weighted by atomic mass is 16.6. The van der Waals surface area contributed by atoms with E-state index >= 15 is 0 Å². The van der Waals surface area contributed by atoms with Crippen LogP contribution >= 0.6 is 0 Å². The van der Waals surface area contributed by atoms with E-state index in [2.05, 4.69) is 0 Å². The normalized spacial score (nSPS) is 22.7. The lowest BCUT2D eigenvalue weighted by molar-refractivity contribution is -0.537. The number of Topliss-reactive ketones (excluding diaryl/α,β-unsaturated/α-hetero) is 1. The predicted octanol–water partition coefficient (Wildman–Crippen LogP) is 1.89. The molecule has 1 aliphatic rings. The number of carbonyl (C=O) groups excluding carboxylic acids is 1. The van der Waals surface area contributed by atoms with Crippen LogP contribution in [-0.2, 0) is 5.60 Å². The minimum Gasteiger partial charge on any atom is -0.371 e. The molecule has 96 valence electrons. The summed E-state index contributed by atoms with van der Waals surface area (Å²) in [4.78, 5) is 22.8. The standard InChI is InChI=1S/C14H11NO4/c1-8(15(18)19)14(17)11-7-3-5-9-4-2-6-10(12(9)11)13(14)16/h2-8,17H,1H3/t8-,14-/m0/s1. The molecule has 19 heavy (non-hydrogen) atoms. The zero-order chi connectivity index (χ0) is 13.8. The Morgan fingerprint density at radius 3 is 2.53 bits per heavy atom. The second-order valence-corrected chi connectivity index (χ2v) is 4.77. The number of ketones is 1. The summed E-state index contributed by atoms with van der Waals surface area (Å²) in [5.74, 6) is -0.594. The van der Waals surface area contributed by atoms with Gasteiger partial charge < -0.3 is 5.11 Å².